The van der Waals surface area contributed by atoms with Crippen LogP contribution in [0.5, 0.6) is 0 Å². The lowest BCUT2D eigenvalue weighted by atomic mass is 9.72. The first-order chi connectivity index (χ1) is 31.2. The SMILES string of the molecule is C1=CC2c3cc4cc5ccccc5cc4cc3-c3c(c4c5cc6cc7ccccc7cc6cc5c5ccsc5c4c4c5cc6cc7ccccc7cc6cc5c5ccsc5c34)C2S1. The van der Waals surface area contributed by atoms with Crippen LogP contribution in [-0.2, 0) is 0 Å². The van der Waals surface area contributed by atoms with Crippen molar-refractivity contribution in [1.29, 1.82) is 0 Å². The summed E-state index contributed by atoms with van der Waals surface area (Å²) in [5.74, 6) is 0.268. The average Bonchev–Trinajstić information content (AvgIpc) is 4.13. The Bertz CT molecular complexity index is 4480. The van der Waals surface area contributed by atoms with Gasteiger partial charge in [-0.25, -0.2) is 0 Å². The van der Waals surface area contributed by atoms with Crippen LogP contribution in [0.3, 0.4) is 0 Å². The van der Waals surface area contributed by atoms with E-state index in [1.807, 2.05) is 34.4 Å². The number of hydrogen-bond donors (Lipinski definition) is 0. The van der Waals surface area contributed by atoms with Crippen LogP contribution in [0.2, 0.25) is 0 Å². The molecular formula is C60H32S3. The standard InChI is InChI=1S/C60H32S3/c1-4-10-34-22-40-28-49-46(25-37(40)19-31(34)7-1)43-13-16-61-58(43)55-52(49)56-54(51-30-42-24-36-12-6-3-8-32(36)20-38(42)26-47(51)44-14-17-62-59(44)56)57-53(55)50-29-41-23-35-11-5-2-9-33(35)21-39(41)27-48(50)45-15-18-63-60(45)57/h1-30,43,58H. The maximum atomic E-state index is 2.57. The van der Waals surface area contributed by atoms with Gasteiger partial charge in [0, 0.05) is 47.5 Å². The molecule has 1 aliphatic heterocycles. The lowest BCUT2D eigenvalue weighted by Crippen LogP contribution is -2.13. The second-order valence-corrected chi connectivity index (χ2v) is 20.8. The van der Waals surface area contributed by atoms with Crippen LogP contribution in [0.15, 0.2) is 180 Å². The van der Waals surface area contributed by atoms with Crippen molar-refractivity contribution in [2.45, 2.75) is 11.2 Å². The molecule has 14 aromatic rings. The van der Waals surface area contributed by atoms with Gasteiger partial charge in [-0.2, -0.15) is 0 Å². The quantitative estimate of drug-likeness (QED) is 0.108. The van der Waals surface area contributed by atoms with Crippen molar-refractivity contribution in [1.82, 2.24) is 0 Å². The normalized spacial score (nSPS) is 16.1. The molecule has 0 N–H and O–H groups in total. The lowest BCUT2D eigenvalue weighted by Gasteiger charge is -2.34. The van der Waals surface area contributed by atoms with E-state index in [0.29, 0.717) is 0 Å². The lowest BCUT2D eigenvalue weighted by molar-refractivity contribution is 0.826. The fourth-order valence-electron chi connectivity index (χ4n) is 12.0. The fraction of sp³-hybridized carbons (Fsp3) is 0.0333. The van der Waals surface area contributed by atoms with Gasteiger partial charge >= 0.3 is 0 Å². The summed E-state index contributed by atoms with van der Waals surface area (Å²) in [4.78, 5) is 0. The molecular weight excluding hydrogens is 817 g/mol. The van der Waals surface area contributed by atoms with Gasteiger partial charge in [0.15, 0.2) is 0 Å². The summed E-state index contributed by atoms with van der Waals surface area (Å²) in [6.45, 7) is 0. The Kier molecular flexibility index (Phi) is 6.46. The van der Waals surface area contributed by atoms with E-state index in [2.05, 4.69) is 180 Å². The van der Waals surface area contributed by atoms with Gasteiger partial charge in [-0.15, -0.1) is 34.4 Å². The van der Waals surface area contributed by atoms with Crippen molar-refractivity contribution in [3.63, 3.8) is 0 Å². The average molecular weight is 849 g/mol. The Hall–Kier alpha value is -6.75. The third-order valence-corrected chi connectivity index (χ3v) is 17.7. The smallest absolute Gasteiger partial charge is 0.0454 e. The van der Waals surface area contributed by atoms with E-state index in [9.17, 15) is 0 Å². The Balaban J connectivity index is 1.19. The van der Waals surface area contributed by atoms with Gasteiger partial charge < -0.3 is 0 Å². The molecule has 290 valence electrons. The topological polar surface area (TPSA) is 0 Å². The number of allylic oxidation sites excluding steroid dienone is 1. The largest absolute Gasteiger partial charge is 0.143 e. The van der Waals surface area contributed by atoms with Crippen LogP contribution in [0.1, 0.15) is 22.3 Å². The van der Waals surface area contributed by atoms with Crippen molar-refractivity contribution in [2.24, 2.45) is 0 Å². The molecule has 1 aliphatic carbocycles. The zero-order valence-corrected chi connectivity index (χ0v) is 36.1. The van der Waals surface area contributed by atoms with E-state index < -0.39 is 0 Å². The van der Waals surface area contributed by atoms with Crippen molar-refractivity contribution in [3.05, 3.63) is 191 Å². The van der Waals surface area contributed by atoms with E-state index in [4.69, 9.17) is 0 Å². The molecule has 0 saturated carbocycles. The molecule has 2 atom stereocenters. The molecule has 3 heterocycles. The highest BCUT2D eigenvalue weighted by atomic mass is 32.2. The highest BCUT2D eigenvalue weighted by molar-refractivity contribution is 8.02. The number of thioether (sulfide) groups is 1. The van der Waals surface area contributed by atoms with Crippen molar-refractivity contribution >= 4 is 162 Å². The molecule has 0 amide bonds. The minimum atomic E-state index is 0.249. The summed E-state index contributed by atoms with van der Waals surface area (Å²) in [5.41, 5.74) is 5.78. The molecule has 0 nitrogen and oxygen atoms in total. The van der Waals surface area contributed by atoms with Gasteiger partial charge in [-0.3, -0.25) is 0 Å². The predicted molar refractivity (Wildman–Crippen MR) is 280 cm³/mol. The third kappa shape index (κ3) is 4.42. The molecule has 2 unspecified atom stereocenters. The minimum Gasteiger partial charge on any atom is -0.143 e. The number of thiophene rings is 2. The molecule has 16 rings (SSSR count). The Morgan fingerprint density at radius 2 is 0.794 bits per heavy atom. The minimum absolute atomic E-state index is 0.249. The fourth-order valence-corrected chi connectivity index (χ4v) is 15.2. The molecule has 63 heavy (non-hydrogen) atoms. The Labute approximate surface area is 373 Å². The van der Waals surface area contributed by atoms with E-state index in [0.717, 1.165) is 0 Å². The van der Waals surface area contributed by atoms with Crippen LogP contribution in [0, 0.1) is 0 Å². The second kappa shape index (κ2) is 12.0. The van der Waals surface area contributed by atoms with E-state index >= 15 is 0 Å². The number of benzene rings is 12. The second-order valence-electron chi connectivity index (χ2n) is 17.9. The third-order valence-electron chi connectivity index (χ3n) is 14.7. The Morgan fingerprint density at radius 3 is 1.32 bits per heavy atom. The summed E-state index contributed by atoms with van der Waals surface area (Å²) in [6, 6.07) is 61.0. The summed E-state index contributed by atoms with van der Waals surface area (Å²) in [5, 5.41) is 36.6. The van der Waals surface area contributed by atoms with Crippen molar-refractivity contribution < 1.29 is 0 Å². The van der Waals surface area contributed by atoms with E-state index in [1.165, 1.54) is 150 Å². The van der Waals surface area contributed by atoms with Crippen molar-refractivity contribution in [3.8, 4) is 11.1 Å². The highest BCUT2D eigenvalue weighted by Gasteiger charge is 2.39. The first-order valence-electron chi connectivity index (χ1n) is 21.8. The molecule has 0 fully saturated rings. The molecule has 0 saturated heterocycles. The zero-order chi connectivity index (χ0) is 40.7. The monoisotopic (exact) mass is 848 g/mol. The number of rotatable bonds is 0. The van der Waals surface area contributed by atoms with Crippen LogP contribution < -0.4 is 0 Å². The Morgan fingerprint density at radius 1 is 0.349 bits per heavy atom. The molecule has 2 aromatic heterocycles. The summed E-state index contributed by atoms with van der Waals surface area (Å²) >= 11 is 5.87. The molecule has 0 bridgehead atoms. The van der Waals surface area contributed by atoms with Crippen LogP contribution in [0.4, 0.5) is 0 Å². The molecule has 2 aliphatic rings. The summed E-state index contributed by atoms with van der Waals surface area (Å²) in [7, 11) is 0. The van der Waals surface area contributed by atoms with Crippen LogP contribution >= 0.6 is 34.4 Å². The first kappa shape index (κ1) is 33.8. The molecule has 3 heteroatoms. The number of fused-ring (bicyclic) bond motifs is 27. The summed E-state index contributed by atoms with van der Waals surface area (Å²) in [6.07, 6.45) is 2.50. The summed E-state index contributed by atoms with van der Waals surface area (Å²) < 4.78 is 2.79. The maximum Gasteiger partial charge on any atom is 0.0454 e. The maximum absolute atomic E-state index is 2.57. The van der Waals surface area contributed by atoms with Gasteiger partial charge in [0.25, 0.3) is 0 Å². The van der Waals surface area contributed by atoms with Gasteiger partial charge in [0.2, 0.25) is 0 Å². The predicted octanol–water partition coefficient (Wildman–Crippen LogP) is 18.7. The van der Waals surface area contributed by atoms with Crippen LogP contribution in [-0.4, -0.2) is 0 Å². The van der Waals surface area contributed by atoms with Crippen molar-refractivity contribution in [2.75, 3.05) is 0 Å². The van der Waals surface area contributed by atoms with Gasteiger partial charge in [0.1, 0.15) is 0 Å². The van der Waals surface area contributed by atoms with Gasteiger partial charge in [-0.05, 0) is 215 Å². The van der Waals surface area contributed by atoms with Crippen LogP contribution in [0.25, 0.3) is 139 Å². The number of hydrogen-bond acceptors (Lipinski definition) is 3. The van der Waals surface area contributed by atoms with Gasteiger partial charge in [0.05, 0.1) is 0 Å². The molecule has 12 aromatic carbocycles. The van der Waals surface area contributed by atoms with E-state index in [-0.39, 0.29) is 11.2 Å². The van der Waals surface area contributed by atoms with Gasteiger partial charge in [-0.1, -0.05) is 78.9 Å². The first-order valence-corrected chi connectivity index (χ1v) is 24.5. The van der Waals surface area contributed by atoms with E-state index in [1.54, 1.807) is 0 Å². The molecule has 0 radical (unpaired) electrons. The molecule has 0 spiro atoms. The highest BCUT2D eigenvalue weighted by Crippen LogP contribution is 2.63. The zero-order valence-electron chi connectivity index (χ0n) is 33.7.